The van der Waals surface area contributed by atoms with E-state index in [9.17, 15) is 0 Å². The maximum atomic E-state index is 4.56. The van der Waals surface area contributed by atoms with E-state index in [1.165, 1.54) is 5.69 Å². The minimum Gasteiger partial charge on any atom is -0.368 e. The van der Waals surface area contributed by atoms with Crippen LogP contribution >= 0.6 is 15.9 Å². The van der Waals surface area contributed by atoms with Gasteiger partial charge in [0.05, 0.1) is 11.2 Å². The normalized spacial score (nSPS) is 15.2. The third kappa shape index (κ3) is 2.86. The van der Waals surface area contributed by atoms with Crippen LogP contribution in [0, 0.1) is 0 Å². The van der Waals surface area contributed by atoms with Gasteiger partial charge in [-0.25, -0.2) is 0 Å². The van der Waals surface area contributed by atoms with Crippen molar-refractivity contribution in [3.8, 4) is 0 Å². The van der Waals surface area contributed by atoms with Crippen molar-refractivity contribution in [2.24, 2.45) is 0 Å². The number of pyridine rings is 3. The Labute approximate surface area is 143 Å². The van der Waals surface area contributed by atoms with Crippen LogP contribution in [0.1, 0.15) is 0 Å². The Morgan fingerprint density at radius 2 is 1.61 bits per heavy atom. The number of rotatable bonds is 2. The first-order valence-electron chi connectivity index (χ1n) is 7.61. The standard InChI is InChI=1S/C17H16BrN5/c18-13-11-15-17(21-12-13)16(3-6-20-15)23-9-7-22(8-10-23)14-1-4-19-5-2-14/h1-6,11-12H,7-10H2. The van der Waals surface area contributed by atoms with Crippen LogP contribution in [0.4, 0.5) is 11.4 Å². The highest BCUT2D eigenvalue weighted by Gasteiger charge is 2.19. The number of halogens is 1. The van der Waals surface area contributed by atoms with Crippen LogP contribution in [-0.2, 0) is 0 Å². The molecule has 0 saturated carbocycles. The molecule has 0 bridgehead atoms. The van der Waals surface area contributed by atoms with Gasteiger partial charge in [-0.1, -0.05) is 0 Å². The highest BCUT2D eigenvalue weighted by molar-refractivity contribution is 9.10. The molecule has 0 aromatic carbocycles. The molecule has 116 valence electrons. The molecule has 1 aliphatic heterocycles. The van der Waals surface area contributed by atoms with Gasteiger partial charge in [-0.3, -0.25) is 15.0 Å². The Morgan fingerprint density at radius 3 is 2.39 bits per heavy atom. The lowest BCUT2D eigenvalue weighted by Gasteiger charge is -2.37. The first-order valence-corrected chi connectivity index (χ1v) is 8.41. The molecule has 0 atom stereocenters. The van der Waals surface area contributed by atoms with Gasteiger partial charge in [0.1, 0.15) is 5.52 Å². The van der Waals surface area contributed by atoms with Crippen molar-refractivity contribution in [3.63, 3.8) is 0 Å². The molecule has 0 N–H and O–H groups in total. The predicted octanol–water partition coefficient (Wildman–Crippen LogP) is 3.11. The Bertz CT molecular complexity index is 816. The fourth-order valence-electron chi connectivity index (χ4n) is 3.01. The second-order valence-corrected chi connectivity index (χ2v) is 6.45. The van der Waals surface area contributed by atoms with Crippen molar-refractivity contribution in [1.82, 2.24) is 15.0 Å². The maximum Gasteiger partial charge on any atom is 0.112 e. The van der Waals surface area contributed by atoms with E-state index in [0.29, 0.717) is 0 Å². The van der Waals surface area contributed by atoms with Crippen molar-refractivity contribution in [3.05, 3.63) is 53.5 Å². The van der Waals surface area contributed by atoms with Gasteiger partial charge in [-0.2, -0.15) is 0 Å². The maximum absolute atomic E-state index is 4.56. The number of hydrogen-bond donors (Lipinski definition) is 0. The summed E-state index contributed by atoms with van der Waals surface area (Å²) in [7, 11) is 0. The number of piperazine rings is 1. The molecule has 1 saturated heterocycles. The summed E-state index contributed by atoms with van der Waals surface area (Å²) in [6.45, 7) is 3.92. The molecule has 3 aromatic heterocycles. The third-order valence-electron chi connectivity index (χ3n) is 4.17. The Hall–Kier alpha value is -2.21. The fraction of sp³-hybridized carbons (Fsp3) is 0.235. The van der Waals surface area contributed by atoms with Crippen molar-refractivity contribution >= 4 is 38.3 Å². The van der Waals surface area contributed by atoms with E-state index in [4.69, 9.17) is 0 Å². The highest BCUT2D eigenvalue weighted by Crippen LogP contribution is 2.27. The Morgan fingerprint density at radius 1 is 0.870 bits per heavy atom. The molecular formula is C17H16BrN5. The summed E-state index contributed by atoms with van der Waals surface area (Å²) >= 11 is 3.46. The summed E-state index contributed by atoms with van der Waals surface area (Å²) in [6.07, 6.45) is 7.39. The van der Waals surface area contributed by atoms with E-state index in [0.717, 1.165) is 47.4 Å². The molecule has 0 radical (unpaired) electrons. The lowest BCUT2D eigenvalue weighted by atomic mass is 10.2. The van der Waals surface area contributed by atoms with E-state index in [2.05, 4.69) is 58.9 Å². The number of hydrogen-bond acceptors (Lipinski definition) is 5. The quantitative estimate of drug-likeness (QED) is 0.694. The molecule has 0 unspecified atom stereocenters. The van der Waals surface area contributed by atoms with Crippen molar-refractivity contribution in [1.29, 1.82) is 0 Å². The Balaban J connectivity index is 1.57. The van der Waals surface area contributed by atoms with Crippen LogP contribution < -0.4 is 9.80 Å². The van der Waals surface area contributed by atoms with Gasteiger partial charge in [0.2, 0.25) is 0 Å². The van der Waals surface area contributed by atoms with Crippen molar-refractivity contribution < 1.29 is 0 Å². The molecule has 0 spiro atoms. The van der Waals surface area contributed by atoms with E-state index in [1.807, 2.05) is 30.9 Å². The molecule has 4 heterocycles. The fourth-order valence-corrected chi connectivity index (χ4v) is 3.33. The van der Waals surface area contributed by atoms with E-state index >= 15 is 0 Å². The van der Waals surface area contributed by atoms with Crippen LogP contribution in [0.2, 0.25) is 0 Å². The zero-order valence-corrected chi connectivity index (χ0v) is 14.1. The minimum absolute atomic E-state index is 0.924. The van der Waals surface area contributed by atoms with Crippen molar-refractivity contribution in [2.75, 3.05) is 36.0 Å². The van der Waals surface area contributed by atoms with Crippen molar-refractivity contribution in [2.45, 2.75) is 0 Å². The summed E-state index contributed by atoms with van der Waals surface area (Å²) in [4.78, 5) is 17.9. The largest absolute Gasteiger partial charge is 0.368 e. The molecule has 3 aromatic rings. The molecule has 5 nitrogen and oxygen atoms in total. The summed E-state index contributed by atoms with van der Waals surface area (Å²) < 4.78 is 0.956. The van der Waals surface area contributed by atoms with Gasteiger partial charge in [-0.15, -0.1) is 0 Å². The molecule has 4 rings (SSSR count). The van der Waals surface area contributed by atoms with Gasteiger partial charge in [-0.05, 0) is 40.2 Å². The Kier molecular flexibility index (Phi) is 3.83. The van der Waals surface area contributed by atoms with Gasteiger partial charge in [0, 0.05) is 61.1 Å². The van der Waals surface area contributed by atoms with Crippen LogP contribution in [-0.4, -0.2) is 41.1 Å². The van der Waals surface area contributed by atoms with E-state index < -0.39 is 0 Å². The van der Waals surface area contributed by atoms with Gasteiger partial charge in [0.25, 0.3) is 0 Å². The van der Waals surface area contributed by atoms with Crippen LogP contribution in [0.3, 0.4) is 0 Å². The first-order chi connectivity index (χ1) is 11.3. The lowest BCUT2D eigenvalue weighted by molar-refractivity contribution is 0.654. The zero-order valence-electron chi connectivity index (χ0n) is 12.6. The predicted molar refractivity (Wildman–Crippen MR) is 95.9 cm³/mol. The van der Waals surface area contributed by atoms with Gasteiger partial charge < -0.3 is 9.80 Å². The van der Waals surface area contributed by atoms with Crippen LogP contribution in [0.25, 0.3) is 11.0 Å². The molecule has 0 amide bonds. The molecule has 6 heteroatoms. The number of aromatic nitrogens is 3. The average molecular weight is 370 g/mol. The van der Waals surface area contributed by atoms with E-state index in [-0.39, 0.29) is 0 Å². The monoisotopic (exact) mass is 369 g/mol. The smallest absolute Gasteiger partial charge is 0.112 e. The second kappa shape index (κ2) is 6.12. The molecular weight excluding hydrogens is 354 g/mol. The number of fused-ring (bicyclic) bond motifs is 1. The van der Waals surface area contributed by atoms with Gasteiger partial charge in [0.15, 0.2) is 0 Å². The van der Waals surface area contributed by atoms with Crippen LogP contribution in [0.5, 0.6) is 0 Å². The summed E-state index contributed by atoms with van der Waals surface area (Å²) in [5.41, 5.74) is 4.29. The third-order valence-corrected chi connectivity index (χ3v) is 4.60. The topological polar surface area (TPSA) is 45.2 Å². The molecule has 0 aliphatic carbocycles. The highest BCUT2D eigenvalue weighted by atomic mass is 79.9. The summed E-state index contributed by atoms with van der Waals surface area (Å²) in [6, 6.07) is 8.21. The number of nitrogens with zero attached hydrogens (tertiary/aromatic N) is 5. The molecule has 1 aliphatic rings. The zero-order chi connectivity index (χ0) is 15.6. The molecule has 23 heavy (non-hydrogen) atoms. The number of anilines is 2. The van der Waals surface area contributed by atoms with E-state index in [1.54, 1.807) is 0 Å². The minimum atomic E-state index is 0.924. The van der Waals surface area contributed by atoms with Gasteiger partial charge >= 0.3 is 0 Å². The molecule has 1 fully saturated rings. The second-order valence-electron chi connectivity index (χ2n) is 5.53. The average Bonchev–Trinajstić information content (AvgIpc) is 2.62. The van der Waals surface area contributed by atoms with Crippen LogP contribution in [0.15, 0.2) is 53.5 Å². The SMILES string of the molecule is Brc1cnc2c(N3CCN(c4ccncc4)CC3)ccnc2c1. The lowest BCUT2D eigenvalue weighted by Crippen LogP contribution is -2.46. The summed E-state index contributed by atoms with van der Waals surface area (Å²) in [5, 5.41) is 0. The first kappa shape index (κ1) is 14.4. The summed E-state index contributed by atoms with van der Waals surface area (Å²) in [5.74, 6) is 0.